The Morgan fingerprint density at radius 2 is 1.65 bits per heavy atom. The van der Waals surface area contributed by atoms with Gasteiger partial charge in [0, 0.05) is 17.8 Å². The summed E-state index contributed by atoms with van der Waals surface area (Å²) >= 11 is 0. The SMILES string of the molecule is CC(C)C(=O)Nc1ccc(N=Cc2ccc(C(=O)O)cc2)cc1. The van der Waals surface area contributed by atoms with E-state index in [1.165, 1.54) is 12.1 Å². The van der Waals surface area contributed by atoms with E-state index >= 15 is 0 Å². The molecule has 0 heterocycles. The van der Waals surface area contributed by atoms with E-state index in [-0.39, 0.29) is 17.4 Å². The van der Waals surface area contributed by atoms with Crippen LogP contribution in [0.3, 0.4) is 0 Å². The van der Waals surface area contributed by atoms with E-state index in [9.17, 15) is 9.59 Å². The van der Waals surface area contributed by atoms with Crippen molar-refractivity contribution in [2.75, 3.05) is 5.32 Å². The molecule has 0 aliphatic rings. The quantitative estimate of drug-likeness (QED) is 0.826. The number of carbonyl (C=O) groups excluding carboxylic acids is 1. The predicted octanol–water partition coefficient (Wildman–Crippen LogP) is 3.73. The summed E-state index contributed by atoms with van der Waals surface area (Å²) in [5.74, 6) is -1.05. The molecule has 2 N–H and O–H groups in total. The number of carboxylic acids is 1. The van der Waals surface area contributed by atoms with Gasteiger partial charge in [-0.15, -0.1) is 0 Å². The number of nitrogens with zero attached hydrogens (tertiary/aromatic N) is 1. The third kappa shape index (κ3) is 4.78. The molecule has 0 unspecified atom stereocenters. The molecule has 0 aromatic heterocycles. The highest BCUT2D eigenvalue weighted by atomic mass is 16.4. The number of anilines is 1. The predicted molar refractivity (Wildman–Crippen MR) is 90.6 cm³/mol. The van der Waals surface area contributed by atoms with Gasteiger partial charge in [-0.05, 0) is 42.0 Å². The molecule has 5 heteroatoms. The molecule has 2 aromatic rings. The van der Waals surface area contributed by atoms with Gasteiger partial charge in [0.15, 0.2) is 0 Å². The zero-order chi connectivity index (χ0) is 16.8. The van der Waals surface area contributed by atoms with Crippen LogP contribution in [0.4, 0.5) is 11.4 Å². The summed E-state index contributed by atoms with van der Waals surface area (Å²) in [5, 5.41) is 11.7. The van der Waals surface area contributed by atoms with Crippen LogP contribution >= 0.6 is 0 Å². The number of hydrogen-bond donors (Lipinski definition) is 2. The minimum absolute atomic E-state index is 0.0280. The topological polar surface area (TPSA) is 78.8 Å². The minimum Gasteiger partial charge on any atom is -0.478 e. The van der Waals surface area contributed by atoms with Crippen molar-refractivity contribution in [1.82, 2.24) is 0 Å². The van der Waals surface area contributed by atoms with Crippen LogP contribution in [0.5, 0.6) is 0 Å². The summed E-state index contributed by atoms with van der Waals surface area (Å²) in [7, 11) is 0. The van der Waals surface area contributed by atoms with Gasteiger partial charge in [-0.25, -0.2) is 4.79 Å². The first-order valence-electron chi connectivity index (χ1n) is 7.24. The lowest BCUT2D eigenvalue weighted by Crippen LogP contribution is -2.17. The number of aliphatic imine (C=N–C) groups is 1. The maximum Gasteiger partial charge on any atom is 0.335 e. The van der Waals surface area contributed by atoms with E-state index in [0.717, 1.165) is 16.9 Å². The summed E-state index contributed by atoms with van der Waals surface area (Å²) in [5.41, 5.74) is 2.53. The molecule has 0 aliphatic carbocycles. The third-order valence-electron chi connectivity index (χ3n) is 3.18. The number of rotatable bonds is 5. The molecular formula is C18H18N2O3. The standard InChI is InChI=1S/C18H18N2O3/c1-12(2)17(21)20-16-9-7-15(8-10-16)19-11-13-3-5-14(6-4-13)18(22)23/h3-12H,1-2H3,(H,20,21)(H,22,23). The fraction of sp³-hybridized carbons (Fsp3) is 0.167. The lowest BCUT2D eigenvalue weighted by molar-refractivity contribution is -0.118. The first-order valence-corrected chi connectivity index (χ1v) is 7.24. The third-order valence-corrected chi connectivity index (χ3v) is 3.18. The first-order chi connectivity index (χ1) is 11.0. The highest BCUT2D eigenvalue weighted by molar-refractivity contribution is 5.92. The first kappa shape index (κ1) is 16.4. The molecule has 0 saturated heterocycles. The molecule has 118 valence electrons. The van der Waals surface area contributed by atoms with E-state index in [0.29, 0.717) is 0 Å². The van der Waals surface area contributed by atoms with Crippen LogP contribution in [0.25, 0.3) is 0 Å². The van der Waals surface area contributed by atoms with Crippen molar-refractivity contribution in [2.24, 2.45) is 10.9 Å². The lowest BCUT2D eigenvalue weighted by atomic mass is 10.1. The second kappa shape index (κ2) is 7.35. The van der Waals surface area contributed by atoms with Gasteiger partial charge in [0.25, 0.3) is 0 Å². The number of amides is 1. The molecule has 2 aromatic carbocycles. The van der Waals surface area contributed by atoms with Crippen molar-refractivity contribution in [3.63, 3.8) is 0 Å². The second-order valence-electron chi connectivity index (χ2n) is 5.38. The Kier molecular flexibility index (Phi) is 5.25. The van der Waals surface area contributed by atoms with Gasteiger partial charge in [0.05, 0.1) is 11.3 Å². The second-order valence-corrected chi connectivity index (χ2v) is 5.38. The summed E-state index contributed by atoms with van der Waals surface area (Å²) in [6.07, 6.45) is 1.66. The van der Waals surface area contributed by atoms with E-state index in [4.69, 9.17) is 5.11 Å². The van der Waals surface area contributed by atoms with Crippen molar-refractivity contribution in [3.8, 4) is 0 Å². The van der Waals surface area contributed by atoms with Crippen LogP contribution in [0.2, 0.25) is 0 Å². The van der Waals surface area contributed by atoms with Crippen LogP contribution < -0.4 is 5.32 Å². The monoisotopic (exact) mass is 310 g/mol. The van der Waals surface area contributed by atoms with E-state index in [1.807, 2.05) is 13.8 Å². The van der Waals surface area contributed by atoms with E-state index < -0.39 is 5.97 Å². The smallest absolute Gasteiger partial charge is 0.335 e. The molecule has 0 radical (unpaired) electrons. The van der Waals surface area contributed by atoms with Gasteiger partial charge in [-0.3, -0.25) is 9.79 Å². The van der Waals surface area contributed by atoms with Gasteiger partial charge in [-0.2, -0.15) is 0 Å². The number of carboxylic acid groups (broad SMARTS) is 1. The molecule has 0 spiro atoms. The summed E-state index contributed by atoms with van der Waals surface area (Å²) < 4.78 is 0. The van der Waals surface area contributed by atoms with Crippen LogP contribution in [0.1, 0.15) is 29.8 Å². The average Bonchev–Trinajstić information content (AvgIpc) is 2.54. The summed E-state index contributed by atoms with van der Waals surface area (Å²) in [6.45, 7) is 3.67. The highest BCUT2D eigenvalue weighted by Gasteiger charge is 2.06. The van der Waals surface area contributed by atoms with Gasteiger partial charge in [0.1, 0.15) is 0 Å². The molecule has 1 amide bonds. The highest BCUT2D eigenvalue weighted by Crippen LogP contribution is 2.17. The molecule has 0 saturated carbocycles. The molecule has 0 aliphatic heterocycles. The molecule has 0 atom stereocenters. The Morgan fingerprint density at radius 3 is 2.17 bits per heavy atom. The number of aromatic carboxylic acids is 1. The van der Waals surface area contributed by atoms with Gasteiger partial charge < -0.3 is 10.4 Å². The number of hydrogen-bond acceptors (Lipinski definition) is 3. The molecule has 2 rings (SSSR count). The van der Waals surface area contributed by atoms with Gasteiger partial charge in [-0.1, -0.05) is 26.0 Å². The molecular weight excluding hydrogens is 292 g/mol. The molecule has 0 fully saturated rings. The van der Waals surface area contributed by atoms with Crippen LogP contribution in [-0.2, 0) is 4.79 Å². The minimum atomic E-state index is -0.951. The fourth-order valence-electron chi connectivity index (χ4n) is 1.78. The summed E-state index contributed by atoms with van der Waals surface area (Å²) in [6, 6.07) is 13.7. The van der Waals surface area contributed by atoms with Crippen molar-refractivity contribution in [3.05, 3.63) is 59.7 Å². The van der Waals surface area contributed by atoms with Crippen LogP contribution in [0.15, 0.2) is 53.5 Å². The maximum absolute atomic E-state index is 11.6. The Morgan fingerprint density at radius 1 is 1.04 bits per heavy atom. The maximum atomic E-state index is 11.6. The fourth-order valence-corrected chi connectivity index (χ4v) is 1.78. The largest absolute Gasteiger partial charge is 0.478 e. The summed E-state index contributed by atoms with van der Waals surface area (Å²) in [4.78, 5) is 26.7. The van der Waals surface area contributed by atoms with Gasteiger partial charge in [0.2, 0.25) is 5.91 Å². The zero-order valence-corrected chi connectivity index (χ0v) is 13.0. The number of carbonyl (C=O) groups is 2. The van der Waals surface area contributed by atoms with Crippen molar-refractivity contribution >= 4 is 29.5 Å². The Bertz CT molecular complexity index is 717. The normalized spacial score (nSPS) is 10.9. The van der Waals surface area contributed by atoms with Crippen LogP contribution in [-0.4, -0.2) is 23.2 Å². The number of benzene rings is 2. The Balaban J connectivity index is 2.02. The zero-order valence-electron chi connectivity index (χ0n) is 13.0. The Hall–Kier alpha value is -2.95. The average molecular weight is 310 g/mol. The van der Waals surface area contributed by atoms with E-state index in [2.05, 4.69) is 10.3 Å². The van der Waals surface area contributed by atoms with Crippen LogP contribution in [0, 0.1) is 5.92 Å². The van der Waals surface area contributed by atoms with E-state index in [1.54, 1.807) is 42.6 Å². The molecule has 23 heavy (non-hydrogen) atoms. The van der Waals surface area contributed by atoms with Crippen molar-refractivity contribution in [1.29, 1.82) is 0 Å². The van der Waals surface area contributed by atoms with Crippen molar-refractivity contribution in [2.45, 2.75) is 13.8 Å². The van der Waals surface area contributed by atoms with Gasteiger partial charge >= 0.3 is 5.97 Å². The van der Waals surface area contributed by atoms with Crippen molar-refractivity contribution < 1.29 is 14.7 Å². The molecule has 0 bridgehead atoms. The molecule has 5 nitrogen and oxygen atoms in total. The lowest BCUT2D eigenvalue weighted by Gasteiger charge is -2.07. The number of nitrogens with one attached hydrogen (secondary N) is 1. The Labute approximate surface area is 134 Å².